The maximum absolute atomic E-state index is 12.7. The van der Waals surface area contributed by atoms with Crippen molar-refractivity contribution in [2.75, 3.05) is 69.2 Å². The number of rotatable bonds is 3. The Balaban J connectivity index is 1.42. The molecule has 0 saturated carbocycles. The number of benzene rings is 1. The molecule has 0 atom stereocenters. The molecule has 0 bridgehead atoms. The van der Waals surface area contributed by atoms with E-state index >= 15 is 0 Å². The molecule has 154 valence electrons. The van der Waals surface area contributed by atoms with Crippen LogP contribution < -0.4 is 9.80 Å². The van der Waals surface area contributed by atoms with Crippen molar-refractivity contribution in [3.05, 3.63) is 46.6 Å². The molecular formula is C21H27ClN6O. The number of nitrogens with zero attached hydrogens (tertiary/aromatic N) is 6. The van der Waals surface area contributed by atoms with Crippen LogP contribution in [-0.4, -0.2) is 85.1 Å². The van der Waals surface area contributed by atoms with E-state index in [1.165, 1.54) is 0 Å². The van der Waals surface area contributed by atoms with Gasteiger partial charge < -0.3 is 19.6 Å². The largest absolute Gasteiger partial charge is 0.354 e. The fourth-order valence-corrected chi connectivity index (χ4v) is 3.98. The second kappa shape index (κ2) is 8.55. The Morgan fingerprint density at radius 1 is 0.931 bits per heavy atom. The van der Waals surface area contributed by atoms with E-state index in [-0.39, 0.29) is 5.91 Å². The van der Waals surface area contributed by atoms with Crippen LogP contribution in [0.25, 0.3) is 0 Å². The molecule has 1 amide bonds. The lowest BCUT2D eigenvalue weighted by molar-refractivity contribution is 0.0746. The minimum Gasteiger partial charge on any atom is -0.354 e. The quantitative estimate of drug-likeness (QED) is 0.767. The number of carbonyl (C=O) groups excluding carboxylic acids is 1. The third-order valence-electron chi connectivity index (χ3n) is 5.58. The summed E-state index contributed by atoms with van der Waals surface area (Å²) in [5, 5.41) is 0.582. The molecule has 2 saturated heterocycles. The number of halogens is 1. The van der Waals surface area contributed by atoms with Gasteiger partial charge in [0.15, 0.2) is 0 Å². The Morgan fingerprint density at radius 2 is 1.62 bits per heavy atom. The van der Waals surface area contributed by atoms with E-state index in [4.69, 9.17) is 16.6 Å². The molecule has 0 radical (unpaired) electrons. The van der Waals surface area contributed by atoms with Gasteiger partial charge in [-0.3, -0.25) is 4.79 Å². The predicted molar refractivity (Wildman–Crippen MR) is 116 cm³/mol. The van der Waals surface area contributed by atoms with Crippen molar-refractivity contribution in [2.24, 2.45) is 0 Å². The molecule has 1 aromatic heterocycles. The highest BCUT2D eigenvalue weighted by Gasteiger charge is 2.25. The van der Waals surface area contributed by atoms with Gasteiger partial charge in [0, 0.05) is 74.7 Å². The summed E-state index contributed by atoms with van der Waals surface area (Å²) in [4.78, 5) is 31.0. The molecule has 2 aliphatic heterocycles. The summed E-state index contributed by atoms with van der Waals surface area (Å²) in [6.45, 7) is 8.80. The van der Waals surface area contributed by atoms with Gasteiger partial charge in [-0.25, -0.2) is 4.98 Å². The second-order valence-electron chi connectivity index (χ2n) is 7.75. The van der Waals surface area contributed by atoms with Crippen LogP contribution in [0.4, 0.5) is 11.8 Å². The summed E-state index contributed by atoms with van der Waals surface area (Å²) in [7, 11) is 2.15. The number of likely N-dealkylation sites (N-methyl/N-ethyl adjacent to an activating group) is 1. The normalized spacial score (nSPS) is 18.2. The van der Waals surface area contributed by atoms with Crippen LogP contribution in [0, 0.1) is 6.92 Å². The first-order valence-corrected chi connectivity index (χ1v) is 10.5. The molecule has 8 heteroatoms. The Kier molecular flexibility index (Phi) is 5.87. The van der Waals surface area contributed by atoms with Crippen molar-refractivity contribution in [1.29, 1.82) is 0 Å². The Hall–Kier alpha value is -2.38. The maximum Gasteiger partial charge on any atom is 0.254 e. The van der Waals surface area contributed by atoms with E-state index in [0.29, 0.717) is 23.7 Å². The number of aromatic nitrogens is 2. The summed E-state index contributed by atoms with van der Waals surface area (Å²) in [6, 6.07) is 9.19. The Morgan fingerprint density at radius 3 is 2.31 bits per heavy atom. The molecule has 2 aliphatic rings. The highest BCUT2D eigenvalue weighted by molar-refractivity contribution is 6.30. The maximum atomic E-state index is 12.7. The number of hydrogen-bond donors (Lipinski definition) is 0. The van der Waals surface area contributed by atoms with E-state index in [2.05, 4.69) is 32.8 Å². The van der Waals surface area contributed by atoms with Crippen LogP contribution in [0.1, 0.15) is 16.1 Å². The third-order valence-corrected chi connectivity index (χ3v) is 5.81. The Bertz CT molecular complexity index is 875. The highest BCUT2D eigenvalue weighted by Crippen LogP contribution is 2.21. The SMILES string of the molecule is Cc1cc(N2CCN(C)CC2)nc(N2CCN(C(=O)c3cccc(Cl)c3)CC2)n1. The van der Waals surface area contributed by atoms with Gasteiger partial charge in [0.1, 0.15) is 5.82 Å². The lowest BCUT2D eigenvalue weighted by atomic mass is 10.2. The lowest BCUT2D eigenvalue weighted by Crippen LogP contribution is -2.49. The predicted octanol–water partition coefficient (Wildman–Crippen LogP) is 2.15. The van der Waals surface area contributed by atoms with Crippen LogP contribution in [0.5, 0.6) is 0 Å². The number of anilines is 2. The second-order valence-corrected chi connectivity index (χ2v) is 8.18. The minimum atomic E-state index is 0.0236. The average molecular weight is 415 g/mol. The van der Waals surface area contributed by atoms with Crippen LogP contribution >= 0.6 is 11.6 Å². The average Bonchev–Trinajstić information content (AvgIpc) is 2.73. The molecule has 29 heavy (non-hydrogen) atoms. The number of carbonyl (C=O) groups is 1. The summed E-state index contributed by atoms with van der Waals surface area (Å²) >= 11 is 6.03. The van der Waals surface area contributed by atoms with Crippen LogP contribution in [-0.2, 0) is 0 Å². The lowest BCUT2D eigenvalue weighted by Gasteiger charge is -2.36. The summed E-state index contributed by atoms with van der Waals surface area (Å²) in [5.74, 6) is 1.78. The van der Waals surface area contributed by atoms with Gasteiger partial charge in [-0.05, 0) is 32.2 Å². The van der Waals surface area contributed by atoms with Crippen LogP contribution in [0.2, 0.25) is 5.02 Å². The van der Waals surface area contributed by atoms with Gasteiger partial charge in [-0.15, -0.1) is 0 Å². The first-order chi connectivity index (χ1) is 14.0. The molecule has 0 N–H and O–H groups in total. The third kappa shape index (κ3) is 4.62. The van der Waals surface area contributed by atoms with Crippen LogP contribution in [0.15, 0.2) is 30.3 Å². The number of amides is 1. The van der Waals surface area contributed by atoms with Gasteiger partial charge in [0.05, 0.1) is 0 Å². The van der Waals surface area contributed by atoms with Gasteiger partial charge >= 0.3 is 0 Å². The zero-order valence-electron chi connectivity index (χ0n) is 17.0. The van der Waals surface area contributed by atoms with Gasteiger partial charge in [0.25, 0.3) is 5.91 Å². The molecule has 1 aromatic carbocycles. The number of aryl methyl sites for hydroxylation is 1. The molecule has 0 spiro atoms. The van der Waals surface area contributed by atoms with Crippen LogP contribution in [0.3, 0.4) is 0 Å². The molecular weight excluding hydrogens is 388 g/mol. The van der Waals surface area contributed by atoms with E-state index < -0.39 is 0 Å². The fraction of sp³-hybridized carbons (Fsp3) is 0.476. The minimum absolute atomic E-state index is 0.0236. The van der Waals surface area contributed by atoms with Crippen molar-refractivity contribution in [3.63, 3.8) is 0 Å². The molecule has 7 nitrogen and oxygen atoms in total. The fourth-order valence-electron chi connectivity index (χ4n) is 3.79. The molecule has 3 heterocycles. The van der Waals surface area contributed by atoms with Crippen molar-refractivity contribution < 1.29 is 4.79 Å². The Labute approximate surface area is 176 Å². The molecule has 0 unspecified atom stereocenters. The first kappa shape index (κ1) is 19.9. The highest BCUT2D eigenvalue weighted by atomic mass is 35.5. The molecule has 0 aliphatic carbocycles. The summed E-state index contributed by atoms with van der Waals surface area (Å²) in [5.41, 5.74) is 1.61. The van der Waals surface area contributed by atoms with Crippen molar-refractivity contribution >= 4 is 29.3 Å². The van der Waals surface area contributed by atoms with E-state index in [1.807, 2.05) is 24.0 Å². The zero-order chi connectivity index (χ0) is 20.4. The smallest absolute Gasteiger partial charge is 0.254 e. The van der Waals surface area contributed by atoms with Gasteiger partial charge in [-0.1, -0.05) is 17.7 Å². The van der Waals surface area contributed by atoms with Crippen molar-refractivity contribution in [1.82, 2.24) is 19.8 Å². The van der Waals surface area contributed by atoms with E-state index in [9.17, 15) is 4.79 Å². The first-order valence-electron chi connectivity index (χ1n) is 10.1. The van der Waals surface area contributed by atoms with E-state index in [0.717, 1.165) is 56.7 Å². The summed E-state index contributed by atoms with van der Waals surface area (Å²) in [6.07, 6.45) is 0. The number of hydrogen-bond acceptors (Lipinski definition) is 6. The standard InChI is InChI=1S/C21H27ClN6O/c1-16-14-19(26-8-6-25(2)7-9-26)24-21(23-16)28-12-10-27(11-13-28)20(29)17-4-3-5-18(22)15-17/h3-5,14-15H,6-13H2,1-2H3. The van der Waals surface area contributed by atoms with Gasteiger partial charge in [-0.2, -0.15) is 4.98 Å². The molecule has 2 aromatic rings. The van der Waals surface area contributed by atoms with E-state index in [1.54, 1.807) is 12.1 Å². The topological polar surface area (TPSA) is 55.8 Å². The molecule has 2 fully saturated rings. The molecule has 4 rings (SSSR count). The van der Waals surface area contributed by atoms with Gasteiger partial charge in [0.2, 0.25) is 5.95 Å². The van der Waals surface area contributed by atoms with Crippen molar-refractivity contribution in [2.45, 2.75) is 6.92 Å². The zero-order valence-corrected chi connectivity index (χ0v) is 17.8. The monoisotopic (exact) mass is 414 g/mol. The number of piperazine rings is 2. The van der Waals surface area contributed by atoms with Crippen molar-refractivity contribution in [3.8, 4) is 0 Å². The summed E-state index contributed by atoms with van der Waals surface area (Å²) < 4.78 is 0.